The van der Waals surface area contributed by atoms with Gasteiger partial charge >= 0.3 is 0 Å². The molecule has 0 aliphatic carbocycles. The standard InChI is InChI=1S/C15H32N4O/c1-17(2)10-6-12-19(13-7-11-18(3)4)15(20)14-8-5-9-16-14/h14,16H,5-13H2,1-4H3/t14-/m1/s1. The number of hydrogen-bond acceptors (Lipinski definition) is 4. The fourth-order valence-electron chi connectivity index (χ4n) is 2.60. The zero-order valence-electron chi connectivity index (χ0n) is 13.7. The molecule has 0 spiro atoms. The van der Waals surface area contributed by atoms with Crippen molar-refractivity contribution in [2.45, 2.75) is 31.7 Å². The van der Waals surface area contributed by atoms with Gasteiger partial charge in [0.25, 0.3) is 0 Å². The minimum Gasteiger partial charge on any atom is -0.341 e. The van der Waals surface area contributed by atoms with Crippen molar-refractivity contribution in [1.82, 2.24) is 20.0 Å². The van der Waals surface area contributed by atoms with Crippen LogP contribution in [0, 0.1) is 0 Å². The van der Waals surface area contributed by atoms with E-state index in [1.165, 1.54) is 0 Å². The summed E-state index contributed by atoms with van der Waals surface area (Å²) in [5, 5.41) is 3.32. The number of carbonyl (C=O) groups is 1. The number of carbonyl (C=O) groups excluding carboxylic acids is 1. The molecule has 1 aliphatic heterocycles. The van der Waals surface area contributed by atoms with E-state index in [1.54, 1.807) is 0 Å². The maximum absolute atomic E-state index is 12.5. The average molecular weight is 284 g/mol. The second kappa shape index (κ2) is 9.32. The van der Waals surface area contributed by atoms with Crippen LogP contribution in [-0.4, -0.2) is 87.6 Å². The summed E-state index contributed by atoms with van der Waals surface area (Å²) in [5.74, 6) is 0.306. The highest BCUT2D eigenvalue weighted by molar-refractivity contribution is 5.82. The van der Waals surface area contributed by atoms with Crippen LogP contribution in [0.25, 0.3) is 0 Å². The van der Waals surface area contributed by atoms with Gasteiger partial charge in [0, 0.05) is 13.1 Å². The first-order valence-electron chi connectivity index (χ1n) is 7.82. The molecule has 118 valence electrons. The van der Waals surface area contributed by atoms with Gasteiger partial charge in [-0.05, 0) is 73.5 Å². The second-order valence-corrected chi connectivity index (χ2v) is 6.29. The Morgan fingerprint density at radius 1 is 1.00 bits per heavy atom. The topological polar surface area (TPSA) is 38.8 Å². The lowest BCUT2D eigenvalue weighted by atomic mass is 10.2. The van der Waals surface area contributed by atoms with Crippen LogP contribution in [0.15, 0.2) is 0 Å². The van der Waals surface area contributed by atoms with Crippen LogP contribution < -0.4 is 5.32 Å². The third-order valence-electron chi connectivity index (χ3n) is 3.74. The van der Waals surface area contributed by atoms with E-state index in [-0.39, 0.29) is 6.04 Å². The molecule has 5 nitrogen and oxygen atoms in total. The van der Waals surface area contributed by atoms with Crippen LogP contribution in [0.5, 0.6) is 0 Å². The van der Waals surface area contributed by atoms with Gasteiger partial charge in [-0.15, -0.1) is 0 Å². The molecule has 0 unspecified atom stereocenters. The van der Waals surface area contributed by atoms with Gasteiger partial charge in [0.1, 0.15) is 0 Å². The summed E-state index contributed by atoms with van der Waals surface area (Å²) >= 11 is 0. The molecule has 1 atom stereocenters. The first-order chi connectivity index (χ1) is 9.50. The molecular weight excluding hydrogens is 252 g/mol. The minimum atomic E-state index is 0.0636. The van der Waals surface area contributed by atoms with Gasteiger partial charge in [-0.25, -0.2) is 0 Å². The summed E-state index contributed by atoms with van der Waals surface area (Å²) in [5.41, 5.74) is 0. The third-order valence-corrected chi connectivity index (χ3v) is 3.74. The van der Waals surface area contributed by atoms with E-state index in [2.05, 4.69) is 48.2 Å². The molecule has 20 heavy (non-hydrogen) atoms. The lowest BCUT2D eigenvalue weighted by Gasteiger charge is -2.27. The Kier molecular flexibility index (Phi) is 8.11. The van der Waals surface area contributed by atoms with E-state index in [1.807, 2.05) is 0 Å². The third kappa shape index (κ3) is 6.68. The molecule has 0 bridgehead atoms. The number of amides is 1. The largest absolute Gasteiger partial charge is 0.341 e. The predicted octanol–water partition coefficient (Wildman–Crippen LogP) is 0.470. The van der Waals surface area contributed by atoms with Gasteiger partial charge < -0.3 is 20.0 Å². The quantitative estimate of drug-likeness (QED) is 0.668. The maximum atomic E-state index is 12.5. The van der Waals surface area contributed by atoms with E-state index in [0.717, 1.165) is 58.4 Å². The first-order valence-corrected chi connectivity index (χ1v) is 7.82. The van der Waals surface area contributed by atoms with E-state index >= 15 is 0 Å². The lowest BCUT2D eigenvalue weighted by Crippen LogP contribution is -2.45. The Bertz CT molecular complexity index is 261. The summed E-state index contributed by atoms with van der Waals surface area (Å²) in [7, 11) is 8.32. The summed E-state index contributed by atoms with van der Waals surface area (Å²) in [6.45, 7) is 4.82. The highest BCUT2D eigenvalue weighted by atomic mass is 16.2. The molecule has 0 aromatic rings. The van der Waals surface area contributed by atoms with Crippen LogP contribution in [0.3, 0.4) is 0 Å². The molecule has 5 heteroatoms. The van der Waals surface area contributed by atoms with Gasteiger partial charge in [0.05, 0.1) is 6.04 Å². The van der Waals surface area contributed by atoms with Crippen molar-refractivity contribution >= 4 is 5.91 Å². The normalized spacial score (nSPS) is 19.0. The van der Waals surface area contributed by atoms with E-state index < -0.39 is 0 Å². The zero-order chi connectivity index (χ0) is 15.0. The molecule has 1 saturated heterocycles. The molecule has 1 fully saturated rings. The van der Waals surface area contributed by atoms with Gasteiger partial charge in [0.15, 0.2) is 0 Å². The Balaban J connectivity index is 2.41. The summed E-state index contributed by atoms with van der Waals surface area (Å²) in [4.78, 5) is 19.0. The highest BCUT2D eigenvalue weighted by Crippen LogP contribution is 2.10. The maximum Gasteiger partial charge on any atom is 0.239 e. The van der Waals surface area contributed by atoms with Crippen LogP contribution >= 0.6 is 0 Å². The van der Waals surface area contributed by atoms with Crippen LogP contribution in [0.1, 0.15) is 25.7 Å². The fourth-order valence-corrected chi connectivity index (χ4v) is 2.60. The number of nitrogens with one attached hydrogen (secondary N) is 1. The molecule has 1 N–H and O–H groups in total. The highest BCUT2D eigenvalue weighted by Gasteiger charge is 2.26. The lowest BCUT2D eigenvalue weighted by molar-refractivity contribution is -0.133. The molecule has 0 aromatic heterocycles. The summed E-state index contributed by atoms with van der Waals surface area (Å²) in [6.07, 6.45) is 4.22. The Morgan fingerprint density at radius 2 is 1.55 bits per heavy atom. The van der Waals surface area contributed by atoms with Crippen molar-refractivity contribution in [3.63, 3.8) is 0 Å². The molecule has 1 rings (SSSR count). The van der Waals surface area contributed by atoms with Gasteiger partial charge in [0.2, 0.25) is 5.91 Å². The zero-order valence-corrected chi connectivity index (χ0v) is 13.7. The SMILES string of the molecule is CN(C)CCCN(CCCN(C)C)C(=O)[C@H]1CCCN1. The summed E-state index contributed by atoms with van der Waals surface area (Å²) < 4.78 is 0. The predicted molar refractivity (Wildman–Crippen MR) is 83.9 cm³/mol. The Hall–Kier alpha value is -0.650. The summed E-state index contributed by atoms with van der Waals surface area (Å²) in [6, 6.07) is 0.0636. The van der Waals surface area contributed by atoms with Crippen LogP contribution in [0.2, 0.25) is 0 Å². The van der Waals surface area contributed by atoms with E-state index in [4.69, 9.17) is 0 Å². The Morgan fingerprint density at radius 3 is 1.95 bits per heavy atom. The number of hydrogen-bond donors (Lipinski definition) is 1. The minimum absolute atomic E-state index is 0.0636. The smallest absolute Gasteiger partial charge is 0.239 e. The van der Waals surface area contributed by atoms with Crippen molar-refractivity contribution < 1.29 is 4.79 Å². The van der Waals surface area contributed by atoms with Crippen molar-refractivity contribution in [3.05, 3.63) is 0 Å². The van der Waals surface area contributed by atoms with E-state index in [0.29, 0.717) is 5.91 Å². The van der Waals surface area contributed by atoms with Crippen molar-refractivity contribution in [2.75, 3.05) is 60.9 Å². The molecule has 1 aliphatic rings. The molecule has 1 amide bonds. The first kappa shape index (κ1) is 17.4. The van der Waals surface area contributed by atoms with Crippen LogP contribution in [0.4, 0.5) is 0 Å². The average Bonchev–Trinajstić information content (AvgIpc) is 2.89. The molecular formula is C15H32N4O. The van der Waals surface area contributed by atoms with Gasteiger partial charge in [-0.1, -0.05) is 0 Å². The van der Waals surface area contributed by atoms with Crippen molar-refractivity contribution in [2.24, 2.45) is 0 Å². The monoisotopic (exact) mass is 284 g/mol. The molecule has 0 aromatic carbocycles. The number of nitrogens with zero attached hydrogens (tertiary/aromatic N) is 3. The molecule has 1 heterocycles. The number of rotatable bonds is 9. The van der Waals surface area contributed by atoms with Gasteiger partial charge in [-0.2, -0.15) is 0 Å². The van der Waals surface area contributed by atoms with Crippen molar-refractivity contribution in [3.8, 4) is 0 Å². The van der Waals surface area contributed by atoms with Crippen molar-refractivity contribution in [1.29, 1.82) is 0 Å². The molecule has 0 saturated carbocycles. The van der Waals surface area contributed by atoms with Crippen LogP contribution in [-0.2, 0) is 4.79 Å². The fraction of sp³-hybridized carbons (Fsp3) is 0.933. The van der Waals surface area contributed by atoms with Gasteiger partial charge in [-0.3, -0.25) is 4.79 Å². The Labute approximate surface area is 124 Å². The second-order valence-electron chi connectivity index (χ2n) is 6.29. The van der Waals surface area contributed by atoms with E-state index in [9.17, 15) is 4.79 Å². The molecule has 0 radical (unpaired) electrons.